The lowest BCUT2D eigenvalue weighted by Crippen LogP contribution is -2.33. The Hall–Kier alpha value is -0.420. The van der Waals surface area contributed by atoms with Crippen LogP contribution in [0.1, 0.15) is 46.0 Å². The van der Waals surface area contributed by atoms with Gasteiger partial charge in [0.25, 0.3) is 0 Å². The number of hydrogen-bond acceptors (Lipinski definition) is 3. The van der Waals surface area contributed by atoms with E-state index in [4.69, 9.17) is 0 Å². The molecule has 0 unspecified atom stereocenters. The van der Waals surface area contributed by atoms with Crippen molar-refractivity contribution in [2.24, 2.45) is 0 Å². The van der Waals surface area contributed by atoms with Crippen molar-refractivity contribution >= 4 is 15.9 Å². The third kappa shape index (κ3) is 4.39. The predicted molar refractivity (Wildman–Crippen MR) is 74.4 cm³/mol. The number of halogens is 1. The molecule has 98 valence electrons. The van der Waals surface area contributed by atoms with Crippen LogP contribution in [0.3, 0.4) is 0 Å². The van der Waals surface area contributed by atoms with Gasteiger partial charge in [0.15, 0.2) is 0 Å². The molecule has 0 atom stereocenters. The van der Waals surface area contributed by atoms with Crippen LogP contribution in [0.25, 0.3) is 0 Å². The van der Waals surface area contributed by atoms with Crippen molar-refractivity contribution in [2.75, 3.05) is 11.9 Å². The molecule has 1 aromatic heterocycles. The molecule has 1 heterocycles. The molecule has 0 aromatic carbocycles. The molecular formula is C12H23BrN4. The summed E-state index contributed by atoms with van der Waals surface area (Å²) in [5.41, 5.74) is 0. The van der Waals surface area contributed by atoms with Gasteiger partial charge in [-0.1, -0.05) is 15.9 Å². The number of alkyl halides is 1. The maximum absolute atomic E-state index is 4.37. The van der Waals surface area contributed by atoms with Gasteiger partial charge >= 0.3 is 0 Å². The molecular weight excluding hydrogens is 280 g/mol. The monoisotopic (exact) mass is 302 g/mol. The SMILES string of the molecule is CC(C)N(CCCBr)Cc1ncnn1C(C)C. The zero-order valence-corrected chi connectivity index (χ0v) is 12.8. The van der Waals surface area contributed by atoms with Crippen LogP contribution in [0.15, 0.2) is 6.33 Å². The molecule has 0 bridgehead atoms. The molecule has 1 rings (SSSR count). The van der Waals surface area contributed by atoms with E-state index in [2.05, 4.69) is 58.6 Å². The van der Waals surface area contributed by atoms with Crippen LogP contribution < -0.4 is 0 Å². The molecule has 0 aliphatic carbocycles. The Balaban J connectivity index is 2.68. The smallest absolute Gasteiger partial charge is 0.141 e. The third-order valence-electron chi connectivity index (χ3n) is 2.79. The molecule has 4 nitrogen and oxygen atoms in total. The molecule has 0 fully saturated rings. The van der Waals surface area contributed by atoms with Gasteiger partial charge in [-0.05, 0) is 40.7 Å². The third-order valence-corrected chi connectivity index (χ3v) is 3.35. The highest BCUT2D eigenvalue weighted by atomic mass is 79.9. The maximum Gasteiger partial charge on any atom is 0.141 e. The molecule has 0 spiro atoms. The lowest BCUT2D eigenvalue weighted by Gasteiger charge is -2.26. The largest absolute Gasteiger partial charge is 0.293 e. The zero-order valence-electron chi connectivity index (χ0n) is 11.2. The second-order valence-corrected chi connectivity index (χ2v) is 5.61. The summed E-state index contributed by atoms with van der Waals surface area (Å²) in [6.45, 7) is 10.7. The molecule has 0 aliphatic rings. The Morgan fingerprint density at radius 1 is 1.35 bits per heavy atom. The summed E-state index contributed by atoms with van der Waals surface area (Å²) in [4.78, 5) is 6.80. The first-order valence-electron chi connectivity index (χ1n) is 6.24. The Morgan fingerprint density at radius 3 is 2.59 bits per heavy atom. The fourth-order valence-electron chi connectivity index (χ4n) is 1.78. The molecule has 17 heavy (non-hydrogen) atoms. The van der Waals surface area contributed by atoms with E-state index >= 15 is 0 Å². The summed E-state index contributed by atoms with van der Waals surface area (Å²) in [5.74, 6) is 1.06. The molecule has 5 heteroatoms. The average Bonchev–Trinajstić information content (AvgIpc) is 2.71. The topological polar surface area (TPSA) is 34.0 Å². The highest BCUT2D eigenvalue weighted by Crippen LogP contribution is 2.11. The maximum atomic E-state index is 4.37. The van der Waals surface area contributed by atoms with E-state index in [1.54, 1.807) is 6.33 Å². The predicted octanol–water partition coefficient (Wildman–Crippen LogP) is 2.85. The number of aromatic nitrogens is 3. The van der Waals surface area contributed by atoms with Crippen molar-refractivity contribution in [3.8, 4) is 0 Å². The lowest BCUT2D eigenvalue weighted by molar-refractivity contribution is 0.203. The van der Waals surface area contributed by atoms with Gasteiger partial charge in [-0.25, -0.2) is 9.67 Å². The van der Waals surface area contributed by atoms with E-state index in [1.165, 1.54) is 0 Å². The molecule has 0 amide bonds. The second kappa shape index (κ2) is 7.11. The Bertz CT molecular complexity index is 322. The van der Waals surface area contributed by atoms with Crippen molar-refractivity contribution in [3.05, 3.63) is 12.2 Å². The van der Waals surface area contributed by atoms with Crippen LogP contribution in [-0.2, 0) is 6.54 Å². The molecule has 0 N–H and O–H groups in total. The average molecular weight is 303 g/mol. The van der Waals surface area contributed by atoms with E-state index in [0.29, 0.717) is 12.1 Å². The number of rotatable bonds is 7. The van der Waals surface area contributed by atoms with Gasteiger partial charge in [0.2, 0.25) is 0 Å². The Kier molecular flexibility index (Phi) is 6.12. The fraction of sp³-hybridized carbons (Fsp3) is 0.833. The Morgan fingerprint density at radius 2 is 2.06 bits per heavy atom. The van der Waals surface area contributed by atoms with E-state index in [-0.39, 0.29) is 0 Å². The van der Waals surface area contributed by atoms with Gasteiger partial charge in [0.05, 0.1) is 6.54 Å². The van der Waals surface area contributed by atoms with Gasteiger partial charge in [0, 0.05) is 17.4 Å². The van der Waals surface area contributed by atoms with E-state index in [0.717, 1.165) is 30.7 Å². The summed E-state index contributed by atoms with van der Waals surface area (Å²) in [5, 5.41) is 5.33. The summed E-state index contributed by atoms with van der Waals surface area (Å²) >= 11 is 3.48. The van der Waals surface area contributed by atoms with Crippen molar-refractivity contribution < 1.29 is 0 Å². The van der Waals surface area contributed by atoms with Gasteiger partial charge in [-0.2, -0.15) is 5.10 Å². The minimum atomic E-state index is 0.373. The molecule has 0 saturated heterocycles. The second-order valence-electron chi connectivity index (χ2n) is 4.82. The van der Waals surface area contributed by atoms with Crippen LogP contribution in [0.4, 0.5) is 0 Å². The first-order chi connectivity index (χ1) is 8.06. The van der Waals surface area contributed by atoms with E-state index < -0.39 is 0 Å². The first kappa shape index (κ1) is 14.6. The van der Waals surface area contributed by atoms with Gasteiger partial charge in [-0.3, -0.25) is 4.90 Å². The van der Waals surface area contributed by atoms with Crippen molar-refractivity contribution in [3.63, 3.8) is 0 Å². The van der Waals surface area contributed by atoms with Crippen molar-refractivity contribution in [2.45, 2.75) is 52.7 Å². The Labute approximate surface area is 113 Å². The summed E-state index contributed by atoms with van der Waals surface area (Å²) in [6, 6.07) is 0.907. The number of nitrogens with zero attached hydrogens (tertiary/aromatic N) is 4. The van der Waals surface area contributed by atoms with Crippen LogP contribution in [0, 0.1) is 0 Å². The molecule has 0 radical (unpaired) electrons. The normalized spacial score (nSPS) is 12.0. The van der Waals surface area contributed by atoms with Crippen LogP contribution in [0.5, 0.6) is 0 Å². The summed E-state index contributed by atoms with van der Waals surface area (Å²) in [6.07, 6.45) is 2.81. The minimum Gasteiger partial charge on any atom is -0.293 e. The zero-order chi connectivity index (χ0) is 12.8. The molecule has 1 aromatic rings. The van der Waals surface area contributed by atoms with Gasteiger partial charge in [-0.15, -0.1) is 0 Å². The van der Waals surface area contributed by atoms with Crippen LogP contribution in [-0.4, -0.2) is 37.6 Å². The quantitative estimate of drug-likeness (QED) is 0.726. The highest BCUT2D eigenvalue weighted by Gasteiger charge is 2.14. The first-order valence-corrected chi connectivity index (χ1v) is 7.36. The summed E-state index contributed by atoms with van der Waals surface area (Å²) in [7, 11) is 0. The van der Waals surface area contributed by atoms with E-state index in [9.17, 15) is 0 Å². The van der Waals surface area contributed by atoms with Gasteiger partial charge in [0.1, 0.15) is 12.2 Å². The fourth-order valence-corrected chi connectivity index (χ4v) is 2.03. The lowest BCUT2D eigenvalue weighted by atomic mass is 10.3. The van der Waals surface area contributed by atoms with Crippen LogP contribution in [0.2, 0.25) is 0 Å². The van der Waals surface area contributed by atoms with Crippen LogP contribution >= 0.6 is 15.9 Å². The highest BCUT2D eigenvalue weighted by molar-refractivity contribution is 9.09. The number of hydrogen-bond donors (Lipinski definition) is 0. The minimum absolute atomic E-state index is 0.373. The molecule has 0 aliphatic heterocycles. The van der Waals surface area contributed by atoms with Crippen molar-refractivity contribution in [1.82, 2.24) is 19.7 Å². The summed E-state index contributed by atoms with van der Waals surface area (Å²) < 4.78 is 2.00. The molecule has 0 saturated carbocycles. The van der Waals surface area contributed by atoms with E-state index in [1.807, 2.05) is 4.68 Å². The van der Waals surface area contributed by atoms with Crippen molar-refractivity contribution in [1.29, 1.82) is 0 Å². The standard InChI is InChI=1S/C12H23BrN4/c1-10(2)16(7-5-6-13)8-12-14-9-15-17(12)11(3)4/h9-11H,5-8H2,1-4H3. The van der Waals surface area contributed by atoms with Gasteiger partial charge < -0.3 is 0 Å².